The first-order valence-corrected chi connectivity index (χ1v) is 10.4. The van der Waals surface area contributed by atoms with Crippen molar-refractivity contribution in [3.63, 3.8) is 0 Å². The summed E-state index contributed by atoms with van der Waals surface area (Å²) < 4.78 is 45.0. The van der Waals surface area contributed by atoms with E-state index in [4.69, 9.17) is 29.4 Å². The van der Waals surface area contributed by atoms with Crippen molar-refractivity contribution in [3.8, 4) is 0 Å². The molecule has 1 aliphatic rings. The smallest absolute Gasteiger partial charge is 0.387 e. The summed E-state index contributed by atoms with van der Waals surface area (Å²) in [7, 11) is -16.3. The van der Waals surface area contributed by atoms with Crippen molar-refractivity contribution >= 4 is 23.5 Å². The first-order chi connectivity index (χ1) is 10.5. The Kier molecular flexibility index (Phi) is 16.8. The minimum Gasteiger partial charge on any atom is -0.387 e. The zero-order chi connectivity index (χ0) is 19.1. The van der Waals surface area contributed by atoms with Crippen molar-refractivity contribution in [2.75, 3.05) is 0 Å². The van der Waals surface area contributed by atoms with E-state index in [0.29, 0.717) is 0 Å². The quantitative estimate of drug-likeness (QED) is 0.124. The van der Waals surface area contributed by atoms with Crippen LogP contribution in [0, 0.1) is 0 Å². The Morgan fingerprint density at radius 2 is 0.704 bits per heavy atom. The molecular weight excluding hydrogens is 474 g/mol. The fourth-order valence-electron chi connectivity index (χ4n) is 2.01. The maximum Gasteiger partial charge on any atom is 1.00 e. The van der Waals surface area contributed by atoms with E-state index < -0.39 is 60.1 Å². The van der Waals surface area contributed by atoms with E-state index in [9.17, 15) is 29.0 Å². The van der Waals surface area contributed by atoms with Gasteiger partial charge in [-0.2, -0.15) is 0 Å². The molecule has 0 aromatic heterocycles. The summed E-state index contributed by atoms with van der Waals surface area (Å²) in [5.74, 6) is 0. The third kappa shape index (κ3) is 12.1. The average molecular weight is 489 g/mol. The van der Waals surface area contributed by atoms with Gasteiger partial charge in [0.15, 0.2) is 0 Å². The summed E-state index contributed by atoms with van der Waals surface area (Å²) in [6.07, 6.45) is -14.3. The molecule has 21 heteroatoms. The molecule has 9 N–H and O–H groups in total. The fourth-order valence-corrected chi connectivity index (χ4v) is 3.69. The van der Waals surface area contributed by atoms with Gasteiger partial charge in [0.2, 0.25) is 0 Å². The third-order valence-corrected chi connectivity index (χ3v) is 4.35. The van der Waals surface area contributed by atoms with Crippen LogP contribution in [0.25, 0.3) is 0 Å². The molecule has 0 heterocycles. The Labute approximate surface area is 218 Å². The number of rotatable bonds is 6. The first kappa shape index (κ1) is 34.8. The van der Waals surface area contributed by atoms with Crippen LogP contribution < -0.4 is 88.7 Å². The molecule has 0 aromatic carbocycles. The van der Waals surface area contributed by atoms with Gasteiger partial charge in [0.05, 0.1) is 0 Å². The Balaban J connectivity index is -0.00000192. The van der Waals surface area contributed by atoms with Gasteiger partial charge < -0.3 is 44.7 Å². The standard InChI is InChI=1S/C6H15O15P3.3Na/c7-1-2(8)4(19-22(10,11)12)6(21-24(16,17)18)5(3(1)9)20-23(13,14)15;;;/h1-9H,(H2,10,11,12)(H2,13,14,15)(H2,16,17,18);;;/q;3*+1/t1?,2-,3-,4-,5+,6?;;;/m0.../s1. The Hall–Kier alpha value is 3.21. The molecule has 0 saturated heterocycles. The number of hydrogen-bond acceptors (Lipinski definition) is 9. The number of phosphoric ester groups is 3. The van der Waals surface area contributed by atoms with Crippen LogP contribution in [0.5, 0.6) is 0 Å². The molecular formula is C6H15Na3O15P3+3. The van der Waals surface area contributed by atoms with Crippen LogP contribution in [0.4, 0.5) is 0 Å². The van der Waals surface area contributed by atoms with Crippen molar-refractivity contribution in [1.29, 1.82) is 0 Å². The van der Waals surface area contributed by atoms with Crippen LogP contribution in [0.15, 0.2) is 0 Å². The molecule has 0 amide bonds. The van der Waals surface area contributed by atoms with E-state index in [-0.39, 0.29) is 88.7 Å². The largest absolute Gasteiger partial charge is 1.00 e. The summed E-state index contributed by atoms with van der Waals surface area (Å²) in [5.41, 5.74) is 0. The molecule has 2 unspecified atom stereocenters. The topological polar surface area (TPSA) is 261 Å². The van der Waals surface area contributed by atoms with Crippen molar-refractivity contribution in [3.05, 3.63) is 0 Å². The molecule has 144 valence electrons. The van der Waals surface area contributed by atoms with Gasteiger partial charge in [-0.25, -0.2) is 13.7 Å². The van der Waals surface area contributed by atoms with E-state index in [2.05, 4.69) is 13.6 Å². The van der Waals surface area contributed by atoms with Crippen LogP contribution >= 0.6 is 23.5 Å². The number of hydrogen-bond donors (Lipinski definition) is 9. The van der Waals surface area contributed by atoms with Gasteiger partial charge in [0, 0.05) is 0 Å². The summed E-state index contributed by atoms with van der Waals surface area (Å²) in [6.45, 7) is 0. The Morgan fingerprint density at radius 1 is 0.481 bits per heavy atom. The second kappa shape index (κ2) is 13.0. The maximum atomic E-state index is 11.0. The monoisotopic (exact) mass is 489 g/mol. The molecule has 1 rings (SSSR count). The Bertz CT molecular complexity index is 549. The van der Waals surface area contributed by atoms with Crippen molar-refractivity contribution in [2.45, 2.75) is 36.6 Å². The molecule has 1 saturated carbocycles. The fraction of sp³-hybridized carbons (Fsp3) is 1.00. The van der Waals surface area contributed by atoms with E-state index in [0.717, 1.165) is 0 Å². The maximum absolute atomic E-state index is 11.0. The van der Waals surface area contributed by atoms with Gasteiger partial charge in [0.25, 0.3) is 0 Å². The molecule has 0 aliphatic heterocycles. The predicted octanol–water partition coefficient (Wildman–Crippen LogP) is -12.5. The van der Waals surface area contributed by atoms with Crippen molar-refractivity contribution < 1.29 is 161 Å². The summed E-state index contributed by atoms with van der Waals surface area (Å²) in [4.78, 5) is 52.7. The molecule has 0 bridgehead atoms. The zero-order valence-corrected chi connectivity index (χ0v) is 23.0. The summed E-state index contributed by atoms with van der Waals surface area (Å²) in [6, 6.07) is 0. The first-order valence-electron chi connectivity index (χ1n) is 5.78. The molecule has 27 heavy (non-hydrogen) atoms. The van der Waals surface area contributed by atoms with E-state index in [1.807, 2.05) is 0 Å². The van der Waals surface area contributed by atoms with Crippen LogP contribution in [0.2, 0.25) is 0 Å². The molecule has 1 aliphatic carbocycles. The van der Waals surface area contributed by atoms with Crippen LogP contribution in [-0.4, -0.2) is 81.3 Å². The van der Waals surface area contributed by atoms with E-state index >= 15 is 0 Å². The number of phosphoric acid groups is 3. The van der Waals surface area contributed by atoms with E-state index in [1.165, 1.54) is 0 Å². The van der Waals surface area contributed by atoms with Gasteiger partial charge in [-0.1, -0.05) is 0 Å². The third-order valence-electron chi connectivity index (χ3n) is 2.80. The minimum absolute atomic E-state index is 0. The normalized spacial score (nSPS) is 31.9. The van der Waals surface area contributed by atoms with Crippen molar-refractivity contribution in [2.24, 2.45) is 0 Å². The van der Waals surface area contributed by atoms with Gasteiger partial charge in [-0.05, 0) is 0 Å². The van der Waals surface area contributed by atoms with Gasteiger partial charge in [-0.15, -0.1) is 0 Å². The van der Waals surface area contributed by atoms with Crippen LogP contribution in [0.1, 0.15) is 0 Å². The summed E-state index contributed by atoms with van der Waals surface area (Å²) >= 11 is 0. The van der Waals surface area contributed by atoms with Gasteiger partial charge >= 0.3 is 112 Å². The van der Waals surface area contributed by atoms with Crippen molar-refractivity contribution in [1.82, 2.24) is 0 Å². The summed E-state index contributed by atoms with van der Waals surface area (Å²) in [5, 5.41) is 29.0. The SMILES string of the molecule is O=P(O)(O)OC1[C@@H](OP(=O)(O)O)[C@@H](O)C(O)[C@H](O)[C@H]1OP(=O)(O)O.[Na+].[Na+].[Na+]. The molecule has 0 radical (unpaired) electrons. The van der Waals surface area contributed by atoms with Crippen LogP contribution in [-0.2, 0) is 27.3 Å². The Morgan fingerprint density at radius 3 is 0.926 bits per heavy atom. The molecule has 15 nitrogen and oxygen atoms in total. The molecule has 0 spiro atoms. The predicted molar refractivity (Wildman–Crippen MR) is 68.8 cm³/mol. The van der Waals surface area contributed by atoms with Crippen LogP contribution in [0.3, 0.4) is 0 Å². The van der Waals surface area contributed by atoms with E-state index in [1.54, 1.807) is 0 Å². The molecule has 1 fully saturated rings. The molecule has 6 atom stereocenters. The zero-order valence-electron chi connectivity index (χ0n) is 14.3. The minimum atomic E-state index is -5.48. The number of aliphatic hydroxyl groups is 3. The molecule has 0 aromatic rings. The van der Waals surface area contributed by atoms with Gasteiger partial charge in [-0.3, -0.25) is 13.6 Å². The average Bonchev–Trinajstić information content (AvgIpc) is 2.32. The number of aliphatic hydroxyl groups excluding tert-OH is 3. The second-order valence-electron chi connectivity index (χ2n) is 4.65. The second-order valence-corrected chi connectivity index (χ2v) is 8.23. The van der Waals surface area contributed by atoms with Gasteiger partial charge in [0.1, 0.15) is 36.6 Å².